The van der Waals surface area contributed by atoms with E-state index in [1.807, 2.05) is 20.8 Å². The van der Waals surface area contributed by atoms with Crippen molar-refractivity contribution in [3.8, 4) is 0 Å². The summed E-state index contributed by atoms with van der Waals surface area (Å²) < 4.78 is 0. The first-order valence-corrected chi connectivity index (χ1v) is 6.12. The molecule has 0 fully saturated rings. The predicted molar refractivity (Wildman–Crippen MR) is 73.0 cm³/mol. The van der Waals surface area contributed by atoms with Gasteiger partial charge in [0.25, 0.3) is 0 Å². The van der Waals surface area contributed by atoms with E-state index < -0.39 is 5.97 Å². The van der Waals surface area contributed by atoms with Crippen LogP contribution in [0.3, 0.4) is 0 Å². The summed E-state index contributed by atoms with van der Waals surface area (Å²) in [6, 6.07) is 6.52. The van der Waals surface area contributed by atoms with Gasteiger partial charge >= 0.3 is 5.97 Å². The van der Waals surface area contributed by atoms with Crippen LogP contribution in [0.4, 0.5) is 0 Å². The van der Waals surface area contributed by atoms with Gasteiger partial charge in [-0.3, -0.25) is 4.79 Å². The fraction of sp³-hybridized carbons (Fsp3) is 0.429. The van der Waals surface area contributed by atoms with Crippen molar-refractivity contribution in [3.63, 3.8) is 0 Å². The normalized spacial score (nSPS) is 11.1. The highest BCUT2D eigenvalue weighted by atomic mass is 16.4. The van der Waals surface area contributed by atoms with E-state index in [9.17, 15) is 9.59 Å². The van der Waals surface area contributed by atoms with Crippen LogP contribution < -0.4 is 10.6 Å². The standard InChI is InChI=1S/C14H20N2O3/c1-14(2,3)16-9-12(17)15-8-10-5-4-6-11(7-10)13(18)19/h4-7,16H,8-9H2,1-3H3,(H,15,17)(H,18,19). The molecule has 0 aliphatic heterocycles. The van der Waals surface area contributed by atoms with E-state index in [2.05, 4.69) is 10.6 Å². The highest BCUT2D eigenvalue weighted by Crippen LogP contribution is 2.05. The molecule has 0 heterocycles. The highest BCUT2D eigenvalue weighted by Gasteiger charge is 2.11. The molecule has 1 aromatic carbocycles. The lowest BCUT2D eigenvalue weighted by molar-refractivity contribution is -0.120. The molecule has 1 rings (SSSR count). The molecule has 1 aromatic rings. The minimum absolute atomic E-state index is 0.111. The Morgan fingerprint density at radius 3 is 2.53 bits per heavy atom. The Bertz CT molecular complexity index is 464. The molecule has 19 heavy (non-hydrogen) atoms. The van der Waals surface area contributed by atoms with Gasteiger partial charge in [0.15, 0.2) is 0 Å². The zero-order valence-corrected chi connectivity index (χ0v) is 11.5. The van der Waals surface area contributed by atoms with Crippen LogP contribution in [0.15, 0.2) is 24.3 Å². The van der Waals surface area contributed by atoms with Crippen molar-refractivity contribution in [3.05, 3.63) is 35.4 Å². The average Bonchev–Trinajstić information content (AvgIpc) is 2.33. The molecular weight excluding hydrogens is 244 g/mol. The van der Waals surface area contributed by atoms with Crippen LogP contribution >= 0.6 is 0 Å². The molecule has 104 valence electrons. The van der Waals surface area contributed by atoms with E-state index in [0.717, 1.165) is 5.56 Å². The molecule has 0 radical (unpaired) electrons. The second-order valence-corrected chi connectivity index (χ2v) is 5.39. The van der Waals surface area contributed by atoms with Crippen LogP contribution in [0.2, 0.25) is 0 Å². The molecule has 5 heteroatoms. The molecule has 0 saturated heterocycles. The van der Waals surface area contributed by atoms with Gasteiger partial charge in [-0.05, 0) is 38.5 Å². The Morgan fingerprint density at radius 1 is 1.26 bits per heavy atom. The van der Waals surface area contributed by atoms with E-state index in [1.54, 1.807) is 18.2 Å². The van der Waals surface area contributed by atoms with Crippen LogP contribution in [0.1, 0.15) is 36.7 Å². The predicted octanol–water partition coefficient (Wildman–Crippen LogP) is 1.39. The van der Waals surface area contributed by atoms with E-state index in [1.165, 1.54) is 6.07 Å². The number of carboxylic acids is 1. The van der Waals surface area contributed by atoms with Crippen molar-refractivity contribution in [2.24, 2.45) is 0 Å². The van der Waals surface area contributed by atoms with Crippen LogP contribution in [0.5, 0.6) is 0 Å². The number of aromatic carboxylic acids is 1. The van der Waals surface area contributed by atoms with Gasteiger partial charge in [-0.15, -0.1) is 0 Å². The smallest absolute Gasteiger partial charge is 0.335 e. The number of carbonyl (C=O) groups excluding carboxylic acids is 1. The van der Waals surface area contributed by atoms with Gasteiger partial charge in [0, 0.05) is 12.1 Å². The zero-order valence-electron chi connectivity index (χ0n) is 11.5. The molecule has 0 aliphatic rings. The summed E-state index contributed by atoms with van der Waals surface area (Å²) in [4.78, 5) is 22.4. The van der Waals surface area contributed by atoms with Crippen molar-refractivity contribution in [2.45, 2.75) is 32.9 Å². The van der Waals surface area contributed by atoms with Crippen LogP contribution in [0.25, 0.3) is 0 Å². The van der Waals surface area contributed by atoms with Crippen molar-refractivity contribution in [1.29, 1.82) is 0 Å². The number of benzene rings is 1. The summed E-state index contributed by atoms with van der Waals surface area (Å²) in [7, 11) is 0. The summed E-state index contributed by atoms with van der Waals surface area (Å²) >= 11 is 0. The minimum Gasteiger partial charge on any atom is -0.478 e. The molecule has 0 unspecified atom stereocenters. The van der Waals surface area contributed by atoms with Crippen LogP contribution in [-0.4, -0.2) is 29.1 Å². The molecule has 1 amide bonds. The molecule has 0 spiro atoms. The Labute approximate surface area is 113 Å². The third-order valence-corrected chi connectivity index (χ3v) is 2.44. The molecular formula is C14H20N2O3. The maximum Gasteiger partial charge on any atom is 0.335 e. The second-order valence-electron chi connectivity index (χ2n) is 5.39. The quantitative estimate of drug-likeness (QED) is 0.751. The number of hydrogen-bond donors (Lipinski definition) is 3. The van der Waals surface area contributed by atoms with Crippen molar-refractivity contribution >= 4 is 11.9 Å². The number of carboxylic acid groups (broad SMARTS) is 1. The van der Waals surface area contributed by atoms with Gasteiger partial charge in [0.1, 0.15) is 0 Å². The van der Waals surface area contributed by atoms with Crippen molar-refractivity contribution < 1.29 is 14.7 Å². The molecule has 0 atom stereocenters. The summed E-state index contributed by atoms with van der Waals surface area (Å²) in [5, 5.41) is 14.7. The van der Waals surface area contributed by atoms with E-state index in [4.69, 9.17) is 5.11 Å². The highest BCUT2D eigenvalue weighted by molar-refractivity contribution is 5.87. The fourth-order valence-electron chi connectivity index (χ4n) is 1.42. The minimum atomic E-state index is -0.970. The lowest BCUT2D eigenvalue weighted by Crippen LogP contribution is -2.43. The maximum absolute atomic E-state index is 11.6. The van der Waals surface area contributed by atoms with Gasteiger partial charge < -0.3 is 15.7 Å². The molecule has 0 aromatic heterocycles. The van der Waals surface area contributed by atoms with E-state index >= 15 is 0 Å². The van der Waals surface area contributed by atoms with Gasteiger partial charge in [-0.25, -0.2) is 4.79 Å². The lowest BCUT2D eigenvalue weighted by atomic mass is 10.1. The first-order chi connectivity index (χ1) is 8.78. The summed E-state index contributed by atoms with van der Waals surface area (Å²) in [5.74, 6) is -1.08. The number of hydrogen-bond acceptors (Lipinski definition) is 3. The Balaban J connectivity index is 2.46. The van der Waals surface area contributed by atoms with Crippen LogP contribution in [0, 0.1) is 0 Å². The molecule has 0 saturated carbocycles. The van der Waals surface area contributed by atoms with Crippen LogP contribution in [-0.2, 0) is 11.3 Å². The Morgan fingerprint density at radius 2 is 1.95 bits per heavy atom. The summed E-state index contributed by atoms with van der Waals surface area (Å²) in [6.45, 7) is 6.51. The second kappa shape index (κ2) is 6.33. The number of nitrogens with one attached hydrogen (secondary N) is 2. The number of carbonyl (C=O) groups is 2. The maximum atomic E-state index is 11.6. The van der Waals surface area contributed by atoms with Gasteiger partial charge in [-0.1, -0.05) is 12.1 Å². The number of rotatable bonds is 5. The lowest BCUT2D eigenvalue weighted by Gasteiger charge is -2.20. The summed E-state index contributed by atoms with van der Waals surface area (Å²) in [5.41, 5.74) is 0.879. The van der Waals surface area contributed by atoms with Gasteiger partial charge in [0.2, 0.25) is 5.91 Å². The largest absolute Gasteiger partial charge is 0.478 e. The Hall–Kier alpha value is -1.88. The summed E-state index contributed by atoms with van der Waals surface area (Å²) in [6.07, 6.45) is 0. The number of amides is 1. The zero-order chi connectivity index (χ0) is 14.5. The van der Waals surface area contributed by atoms with Crippen molar-refractivity contribution in [2.75, 3.05) is 6.54 Å². The molecule has 0 aliphatic carbocycles. The van der Waals surface area contributed by atoms with Crippen molar-refractivity contribution in [1.82, 2.24) is 10.6 Å². The third-order valence-electron chi connectivity index (χ3n) is 2.44. The monoisotopic (exact) mass is 264 g/mol. The van der Waals surface area contributed by atoms with E-state index in [0.29, 0.717) is 6.54 Å². The van der Waals surface area contributed by atoms with Gasteiger partial charge in [0.05, 0.1) is 12.1 Å². The Kier molecular flexibility index (Phi) is 5.06. The molecule has 0 bridgehead atoms. The van der Waals surface area contributed by atoms with E-state index in [-0.39, 0.29) is 23.6 Å². The molecule has 3 N–H and O–H groups in total. The fourth-order valence-corrected chi connectivity index (χ4v) is 1.42. The third kappa shape index (κ3) is 6.01. The molecule has 5 nitrogen and oxygen atoms in total. The topological polar surface area (TPSA) is 78.4 Å². The average molecular weight is 264 g/mol. The first-order valence-electron chi connectivity index (χ1n) is 6.12. The SMILES string of the molecule is CC(C)(C)NCC(=O)NCc1cccc(C(=O)O)c1. The first kappa shape index (κ1) is 15.2. The van der Waals surface area contributed by atoms with Gasteiger partial charge in [-0.2, -0.15) is 0 Å².